The minimum Gasteiger partial charge on any atom is -0.321 e. The molecule has 5 heteroatoms. The molecule has 0 bridgehead atoms. The number of anilines is 1. The number of rotatable bonds is 3. The quantitative estimate of drug-likeness (QED) is 0.782. The number of benzene rings is 1. The molecule has 0 aliphatic rings. The van der Waals surface area contributed by atoms with Crippen LogP contribution in [0, 0.1) is 13.8 Å². The van der Waals surface area contributed by atoms with Crippen molar-refractivity contribution in [3.63, 3.8) is 0 Å². The molecule has 3 nitrogen and oxygen atoms in total. The molecule has 0 saturated heterocycles. The van der Waals surface area contributed by atoms with E-state index in [-0.39, 0.29) is 5.91 Å². The summed E-state index contributed by atoms with van der Waals surface area (Å²) in [5, 5.41) is 3.26. The van der Waals surface area contributed by atoms with Gasteiger partial charge in [0, 0.05) is 15.7 Å². The molecule has 0 saturated carbocycles. The first kappa shape index (κ1) is 16.0. The van der Waals surface area contributed by atoms with E-state index in [2.05, 4.69) is 26.2 Å². The Morgan fingerprint density at radius 1 is 1.29 bits per heavy atom. The number of carbonyl (C=O) groups is 1. The van der Waals surface area contributed by atoms with Gasteiger partial charge in [0.25, 0.3) is 5.91 Å². The maximum atomic E-state index is 12.4. The summed E-state index contributed by atoms with van der Waals surface area (Å²) in [4.78, 5) is 16.6. The third kappa shape index (κ3) is 3.83. The van der Waals surface area contributed by atoms with E-state index in [0.717, 1.165) is 33.4 Å². The smallest absolute Gasteiger partial charge is 0.255 e. The molecule has 1 heterocycles. The maximum Gasteiger partial charge on any atom is 0.255 e. The van der Waals surface area contributed by atoms with Crippen LogP contribution in [0.2, 0.25) is 5.15 Å². The van der Waals surface area contributed by atoms with Gasteiger partial charge in [0.05, 0.1) is 5.69 Å². The number of hydrogen-bond acceptors (Lipinski definition) is 2. The summed E-state index contributed by atoms with van der Waals surface area (Å²) in [6.07, 6.45) is 0.730. The van der Waals surface area contributed by atoms with Crippen LogP contribution in [-0.2, 0) is 6.42 Å². The summed E-state index contributed by atoms with van der Waals surface area (Å²) >= 11 is 9.45. The Morgan fingerprint density at radius 3 is 2.62 bits per heavy atom. The summed E-state index contributed by atoms with van der Waals surface area (Å²) in [5.74, 6) is -0.193. The van der Waals surface area contributed by atoms with E-state index in [9.17, 15) is 4.79 Å². The van der Waals surface area contributed by atoms with Crippen LogP contribution in [0.15, 0.2) is 28.7 Å². The molecule has 0 aliphatic carbocycles. The molecule has 0 aliphatic heterocycles. The summed E-state index contributed by atoms with van der Waals surface area (Å²) in [7, 11) is 0. The number of carbonyl (C=O) groups excluding carboxylic acids is 1. The van der Waals surface area contributed by atoms with Crippen LogP contribution in [0.4, 0.5) is 5.69 Å². The number of pyridine rings is 1. The molecule has 0 radical (unpaired) electrons. The molecule has 2 aromatic rings. The second-order valence-corrected chi connectivity index (χ2v) is 6.16. The second kappa shape index (κ2) is 6.58. The predicted molar refractivity (Wildman–Crippen MR) is 90.2 cm³/mol. The summed E-state index contributed by atoms with van der Waals surface area (Å²) < 4.78 is 0.865. The van der Waals surface area contributed by atoms with Gasteiger partial charge in [0.15, 0.2) is 0 Å². The Bertz CT molecular complexity index is 678. The fourth-order valence-electron chi connectivity index (χ4n) is 2.12. The minimum atomic E-state index is -0.193. The summed E-state index contributed by atoms with van der Waals surface area (Å²) in [5.41, 5.74) is 4.23. The zero-order valence-electron chi connectivity index (χ0n) is 12.1. The summed E-state index contributed by atoms with van der Waals surface area (Å²) in [6, 6.07) is 7.34. The van der Waals surface area contributed by atoms with Crippen molar-refractivity contribution < 1.29 is 4.79 Å². The maximum absolute atomic E-state index is 12.4. The van der Waals surface area contributed by atoms with E-state index in [0.29, 0.717) is 10.7 Å². The van der Waals surface area contributed by atoms with Crippen molar-refractivity contribution in [2.75, 3.05) is 5.32 Å². The molecule has 2 rings (SSSR count). The molecule has 1 aromatic carbocycles. The average Bonchev–Trinajstić information content (AvgIpc) is 2.41. The fraction of sp³-hybridized carbons (Fsp3) is 0.250. The molecule has 21 heavy (non-hydrogen) atoms. The molecule has 110 valence electrons. The van der Waals surface area contributed by atoms with Crippen molar-refractivity contribution in [1.29, 1.82) is 0 Å². The van der Waals surface area contributed by atoms with Crippen molar-refractivity contribution in [3.8, 4) is 0 Å². The lowest BCUT2D eigenvalue weighted by molar-refractivity contribution is 0.102. The number of nitrogens with one attached hydrogen (secondary N) is 1. The highest BCUT2D eigenvalue weighted by atomic mass is 79.9. The number of aryl methyl sites for hydroxylation is 3. The van der Waals surface area contributed by atoms with Gasteiger partial charge >= 0.3 is 0 Å². The number of amides is 1. The Balaban J connectivity index is 2.32. The van der Waals surface area contributed by atoms with Gasteiger partial charge in [0.1, 0.15) is 5.15 Å². The van der Waals surface area contributed by atoms with Crippen LogP contribution in [-0.4, -0.2) is 10.9 Å². The Kier molecular flexibility index (Phi) is 5.01. The van der Waals surface area contributed by atoms with Gasteiger partial charge < -0.3 is 5.32 Å². The number of halogens is 2. The van der Waals surface area contributed by atoms with Gasteiger partial charge in [0.2, 0.25) is 0 Å². The molecular formula is C16H16BrClN2O. The van der Waals surface area contributed by atoms with Crippen LogP contribution in [0.5, 0.6) is 0 Å². The third-order valence-electron chi connectivity index (χ3n) is 3.14. The SMILES string of the molecule is CCc1cc(C(=O)Nc2c(C)cc(C)cc2Br)cc(Cl)n1. The van der Waals surface area contributed by atoms with Crippen molar-refractivity contribution >= 4 is 39.1 Å². The van der Waals surface area contributed by atoms with Gasteiger partial charge in [-0.05, 0) is 65.5 Å². The monoisotopic (exact) mass is 366 g/mol. The summed E-state index contributed by atoms with van der Waals surface area (Å²) in [6.45, 7) is 5.95. The minimum absolute atomic E-state index is 0.193. The Morgan fingerprint density at radius 2 is 2.00 bits per heavy atom. The zero-order chi connectivity index (χ0) is 15.6. The molecular weight excluding hydrogens is 352 g/mol. The van der Waals surface area contributed by atoms with E-state index in [1.165, 1.54) is 0 Å². The molecule has 0 atom stereocenters. The second-order valence-electron chi connectivity index (χ2n) is 4.92. The van der Waals surface area contributed by atoms with E-state index in [1.54, 1.807) is 12.1 Å². The van der Waals surface area contributed by atoms with E-state index in [4.69, 9.17) is 11.6 Å². The van der Waals surface area contributed by atoms with Crippen LogP contribution < -0.4 is 5.32 Å². The largest absolute Gasteiger partial charge is 0.321 e. The topological polar surface area (TPSA) is 42.0 Å². The highest BCUT2D eigenvalue weighted by Gasteiger charge is 2.13. The first-order valence-electron chi connectivity index (χ1n) is 6.65. The number of hydrogen-bond donors (Lipinski definition) is 1. The number of nitrogens with zero attached hydrogens (tertiary/aromatic N) is 1. The first-order valence-corrected chi connectivity index (χ1v) is 7.82. The highest BCUT2D eigenvalue weighted by molar-refractivity contribution is 9.10. The van der Waals surface area contributed by atoms with Gasteiger partial charge in [-0.3, -0.25) is 4.79 Å². The Labute approximate surface area is 137 Å². The molecule has 0 spiro atoms. The lowest BCUT2D eigenvalue weighted by atomic mass is 10.1. The molecule has 1 N–H and O–H groups in total. The van der Waals surface area contributed by atoms with Gasteiger partial charge in [-0.25, -0.2) is 4.98 Å². The molecule has 0 fully saturated rings. The van der Waals surface area contributed by atoms with Gasteiger partial charge in [-0.15, -0.1) is 0 Å². The standard InChI is InChI=1S/C16H16BrClN2O/c1-4-12-7-11(8-14(18)19-12)16(21)20-15-10(3)5-9(2)6-13(15)17/h5-8H,4H2,1-3H3,(H,20,21). The average molecular weight is 368 g/mol. The number of aromatic nitrogens is 1. The lowest BCUT2D eigenvalue weighted by Crippen LogP contribution is -2.14. The van der Waals surface area contributed by atoms with Crippen molar-refractivity contribution in [1.82, 2.24) is 4.98 Å². The molecule has 1 amide bonds. The Hall–Kier alpha value is -1.39. The highest BCUT2D eigenvalue weighted by Crippen LogP contribution is 2.28. The first-order chi connectivity index (χ1) is 9.90. The van der Waals surface area contributed by atoms with Gasteiger partial charge in [-0.1, -0.05) is 24.6 Å². The van der Waals surface area contributed by atoms with E-state index < -0.39 is 0 Å². The van der Waals surface area contributed by atoms with Gasteiger partial charge in [-0.2, -0.15) is 0 Å². The van der Waals surface area contributed by atoms with Crippen molar-refractivity contribution in [3.05, 3.63) is 56.3 Å². The van der Waals surface area contributed by atoms with Crippen LogP contribution in [0.25, 0.3) is 0 Å². The third-order valence-corrected chi connectivity index (χ3v) is 3.96. The predicted octanol–water partition coefficient (Wildman–Crippen LogP) is 4.93. The van der Waals surface area contributed by atoms with Crippen LogP contribution >= 0.6 is 27.5 Å². The lowest BCUT2D eigenvalue weighted by Gasteiger charge is -2.12. The molecule has 1 aromatic heterocycles. The fourth-order valence-corrected chi connectivity index (χ4v) is 3.12. The van der Waals surface area contributed by atoms with Crippen LogP contribution in [0.3, 0.4) is 0 Å². The van der Waals surface area contributed by atoms with E-state index >= 15 is 0 Å². The van der Waals surface area contributed by atoms with Crippen molar-refractivity contribution in [2.24, 2.45) is 0 Å². The zero-order valence-corrected chi connectivity index (χ0v) is 14.5. The van der Waals surface area contributed by atoms with Crippen LogP contribution in [0.1, 0.15) is 34.1 Å². The van der Waals surface area contributed by atoms with E-state index in [1.807, 2.05) is 32.9 Å². The molecule has 0 unspecified atom stereocenters. The van der Waals surface area contributed by atoms with Crippen molar-refractivity contribution in [2.45, 2.75) is 27.2 Å². The normalized spacial score (nSPS) is 10.5.